The maximum Gasteiger partial charge on any atom is 0.410 e. The number of carbonyl (C=O) groups is 1. The standard InChI is InChI=1S/C12H14F3N3O/c1-17-7-8-4-2-3-5-9(8)18(11(17)19)10(6-16)12(13,14)15/h2-5,10H,6-7,16H2,1H3. The Balaban J connectivity index is 2.51. The predicted molar refractivity (Wildman–Crippen MR) is 64.7 cm³/mol. The second-order valence-electron chi connectivity index (χ2n) is 4.43. The number of nitrogens with zero attached hydrogens (tertiary/aromatic N) is 2. The van der Waals surface area contributed by atoms with E-state index in [9.17, 15) is 18.0 Å². The van der Waals surface area contributed by atoms with Crippen molar-refractivity contribution in [3.63, 3.8) is 0 Å². The topological polar surface area (TPSA) is 49.6 Å². The second kappa shape index (κ2) is 4.73. The Hall–Kier alpha value is -1.76. The number of halogens is 3. The van der Waals surface area contributed by atoms with E-state index in [0.29, 0.717) is 12.1 Å². The number of fused-ring (bicyclic) bond motifs is 1. The van der Waals surface area contributed by atoms with Crippen molar-refractivity contribution >= 4 is 11.7 Å². The molecule has 2 rings (SSSR count). The van der Waals surface area contributed by atoms with Gasteiger partial charge in [-0.15, -0.1) is 0 Å². The Labute approximate surface area is 108 Å². The molecule has 2 amide bonds. The van der Waals surface area contributed by atoms with Crippen molar-refractivity contribution in [3.8, 4) is 0 Å². The van der Waals surface area contributed by atoms with Gasteiger partial charge >= 0.3 is 12.2 Å². The fraction of sp³-hybridized carbons (Fsp3) is 0.417. The molecule has 1 heterocycles. The Bertz CT molecular complexity index is 489. The maximum atomic E-state index is 13.0. The number of urea groups is 1. The molecule has 1 aliphatic rings. The summed E-state index contributed by atoms with van der Waals surface area (Å²) >= 11 is 0. The normalized spacial score (nSPS) is 17.4. The molecule has 4 nitrogen and oxygen atoms in total. The lowest BCUT2D eigenvalue weighted by Crippen LogP contribution is -2.58. The molecule has 0 saturated heterocycles. The molecule has 1 atom stereocenters. The van der Waals surface area contributed by atoms with Crippen molar-refractivity contribution < 1.29 is 18.0 Å². The van der Waals surface area contributed by atoms with Crippen LogP contribution in [0.2, 0.25) is 0 Å². The number of nitrogens with two attached hydrogens (primary N) is 1. The van der Waals surface area contributed by atoms with Gasteiger partial charge in [0.25, 0.3) is 0 Å². The second-order valence-corrected chi connectivity index (χ2v) is 4.43. The van der Waals surface area contributed by atoms with Crippen LogP contribution in [0.5, 0.6) is 0 Å². The van der Waals surface area contributed by atoms with Gasteiger partial charge in [0.1, 0.15) is 6.04 Å². The van der Waals surface area contributed by atoms with Crippen LogP contribution < -0.4 is 10.6 Å². The maximum absolute atomic E-state index is 13.0. The van der Waals surface area contributed by atoms with Gasteiger partial charge in [-0.2, -0.15) is 13.2 Å². The van der Waals surface area contributed by atoms with Crippen molar-refractivity contribution in [3.05, 3.63) is 29.8 Å². The van der Waals surface area contributed by atoms with Gasteiger partial charge in [-0.1, -0.05) is 18.2 Å². The van der Waals surface area contributed by atoms with Crippen LogP contribution in [0.3, 0.4) is 0 Å². The lowest BCUT2D eigenvalue weighted by Gasteiger charge is -2.40. The number of anilines is 1. The molecule has 2 N–H and O–H groups in total. The highest BCUT2D eigenvalue weighted by Crippen LogP contribution is 2.34. The first-order chi connectivity index (χ1) is 8.86. The van der Waals surface area contributed by atoms with Gasteiger partial charge < -0.3 is 10.6 Å². The third-order valence-corrected chi connectivity index (χ3v) is 3.10. The third kappa shape index (κ3) is 2.37. The Morgan fingerprint density at radius 1 is 1.37 bits per heavy atom. The van der Waals surface area contributed by atoms with Gasteiger partial charge in [-0.3, -0.25) is 4.90 Å². The largest absolute Gasteiger partial charge is 0.410 e. The van der Waals surface area contributed by atoms with Crippen molar-refractivity contribution in [2.45, 2.75) is 18.8 Å². The Morgan fingerprint density at radius 2 is 2.00 bits per heavy atom. The molecule has 0 bridgehead atoms. The zero-order valence-corrected chi connectivity index (χ0v) is 10.3. The first kappa shape index (κ1) is 13.7. The number of benzene rings is 1. The van der Waals surface area contributed by atoms with Crippen molar-refractivity contribution in [1.82, 2.24) is 4.90 Å². The molecule has 7 heteroatoms. The lowest BCUT2D eigenvalue weighted by atomic mass is 10.1. The quantitative estimate of drug-likeness (QED) is 0.895. The molecule has 0 radical (unpaired) electrons. The van der Waals surface area contributed by atoms with Crippen LogP contribution in [-0.4, -0.2) is 36.7 Å². The third-order valence-electron chi connectivity index (χ3n) is 3.10. The van der Waals surface area contributed by atoms with Gasteiger partial charge in [-0.25, -0.2) is 4.79 Å². The number of amides is 2. The summed E-state index contributed by atoms with van der Waals surface area (Å²) in [4.78, 5) is 14.0. The van der Waals surface area contributed by atoms with E-state index in [4.69, 9.17) is 5.73 Å². The molecule has 0 aromatic heterocycles. The fourth-order valence-electron chi connectivity index (χ4n) is 2.18. The molecule has 0 saturated carbocycles. The van der Waals surface area contributed by atoms with E-state index in [2.05, 4.69) is 0 Å². The number of rotatable bonds is 2. The van der Waals surface area contributed by atoms with Crippen LogP contribution in [0.4, 0.5) is 23.7 Å². The van der Waals surface area contributed by atoms with E-state index >= 15 is 0 Å². The molecular formula is C12H14F3N3O. The summed E-state index contributed by atoms with van der Waals surface area (Å²) < 4.78 is 39.0. The molecule has 104 valence electrons. The van der Waals surface area contributed by atoms with E-state index in [0.717, 1.165) is 4.90 Å². The average molecular weight is 273 g/mol. The molecule has 19 heavy (non-hydrogen) atoms. The molecular weight excluding hydrogens is 259 g/mol. The highest BCUT2D eigenvalue weighted by atomic mass is 19.4. The summed E-state index contributed by atoms with van der Waals surface area (Å²) in [5.41, 5.74) is 6.17. The van der Waals surface area contributed by atoms with Crippen LogP contribution in [-0.2, 0) is 6.54 Å². The lowest BCUT2D eigenvalue weighted by molar-refractivity contribution is -0.145. The molecule has 0 spiro atoms. The SMILES string of the molecule is CN1Cc2ccccc2N(C(CN)C(F)(F)F)C1=O. The Kier molecular flexibility index (Phi) is 3.40. The summed E-state index contributed by atoms with van der Waals surface area (Å²) in [6, 6.07) is 3.85. The molecule has 1 unspecified atom stereocenters. The van der Waals surface area contributed by atoms with Crippen molar-refractivity contribution in [2.24, 2.45) is 5.73 Å². The monoisotopic (exact) mass is 273 g/mol. The van der Waals surface area contributed by atoms with E-state index in [1.807, 2.05) is 0 Å². The number of alkyl halides is 3. The van der Waals surface area contributed by atoms with Gasteiger partial charge in [-0.05, 0) is 11.6 Å². The van der Waals surface area contributed by atoms with Crippen LogP contribution in [0.1, 0.15) is 5.56 Å². The average Bonchev–Trinajstić information content (AvgIpc) is 2.33. The van der Waals surface area contributed by atoms with E-state index < -0.39 is 24.8 Å². The first-order valence-electron chi connectivity index (χ1n) is 5.75. The summed E-state index contributed by atoms with van der Waals surface area (Å²) in [5.74, 6) is 0. The zero-order valence-electron chi connectivity index (χ0n) is 10.3. The minimum atomic E-state index is -4.56. The van der Waals surface area contributed by atoms with Crippen LogP contribution >= 0.6 is 0 Å². The first-order valence-corrected chi connectivity index (χ1v) is 5.75. The van der Waals surface area contributed by atoms with Crippen molar-refractivity contribution in [2.75, 3.05) is 18.5 Å². The highest BCUT2D eigenvalue weighted by Gasteiger charge is 2.47. The van der Waals surface area contributed by atoms with Gasteiger partial charge in [0, 0.05) is 20.1 Å². The fourth-order valence-corrected chi connectivity index (χ4v) is 2.18. The number of carbonyl (C=O) groups excluding carboxylic acids is 1. The minimum Gasteiger partial charge on any atom is -0.328 e. The van der Waals surface area contributed by atoms with Gasteiger partial charge in [0.2, 0.25) is 0 Å². The highest BCUT2D eigenvalue weighted by molar-refractivity contribution is 5.95. The smallest absolute Gasteiger partial charge is 0.328 e. The molecule has 0 fully saturated rings. The molecule has 1 aromatic carbocycles. The zero-order chi connectivity index (χ0) is 14.2. The van der Waals surface area contributed by atoms with E-state index in [1.54, 1.807) is 18.2 Å². The van der Waals surface area contributed by atoms with Crippen LogP contribution in [0.15, 0.2) is 24.3 Å². The van der Waals surface area contributed by atoms with Crippen molar-refractivity contribution in [1.29, 1.82) is 0 Å². The predicted octanol–water partition coefficient (Wildman–Crippen LogP) is 1.95. The molecule has 0 aliphatic carbocycles. The number of hydrogen-bond acceptors (Lipinski definition) is 2. The Morgan fingerprint density at radius 3 is 2.58 bits per heavy atom. The summed E-state index contributed by atoms with van der Waals surface area (Å²) in [5, 5.41) is 0. The molecule has 1 aliphatic heterocycles. The van der Waals surface area contributed by atoms with E-state index in [-0.39, 0.29) is 5.69 Å². The van der Waals surface area contributed by atoms with Crippen LogP contribution in [0, 0.1) is 0 Å². The van der Waals surface area contributed by atoms with Gasteiger partial charge in [0.05, 0.1) is 5.69 Å². The molecule has 1 aromatic rings. The summed E-state index contributed by atoms with van der Waals surface area (Å²) in [6.45, 7) is -0.377. The number of para-hydroxylation sites is 1. The number of hydrogen-bond donors (Lipinski definition) is 1. The van der Waals surface area contributed by atoms with E-state index in [1.165, 1.54) is 18.0 Å². The summed E-state index contributed by atoms with van der Waals surface area (Å²) in [7, 11) is 1.47. The summed E-state index contributed by atoms with van der Waals surface area (Å²) in [6.07, 6.45) is -4.56. The minimum absolute atomic E-state index is 0.276. The van der Waals surface area contributed by atoms with Gasteiger partial charge in [0.15, 0.2) is 0 Å². The van der Waals surface area contributed by atoms with Crippen LogP contribution in [0.25, 0.3) is 0 Å².